The van der Waals surface area contributed by atoms with Crippen LogP contribution in [0.25, 0.3) is 11.2 Å². The van der Waals surface area contributed by atoms with E-state index in [-0.39, 0.29) is 0 Å². The Labute approximate surface area is 164 Å². The number of nitrogens with zero attached hydrogens (tertiary/aromatic N) is 7. The summed E-state index contributed by atoms with van der Waals surface area (Å²) < 4.78 is 7.92. The number of piperidine rings is 1. The van der Waals surface area contributed by atoms with Gasteiger partial charge in [0, 0.05) is 26.2 Å². The van der Waals surface area contributed by atoms with Crippen LogP contribution in [-0.2, 0) is 19.9 Å². The number of fused-ring (bicyclic) bond motifs is 2. The molecule has 1 fully saturated rings. The van der Waals surface area contributed by atoms with Gasteiger partial charge in [-0.2, -0.15) is 5.10 Å². The third kappa shape index (κ3) is 3.27. The molecule has 3 aromatic rings. The fraction of sp³-hybridized carbons (Fsp3) is 0.550. The molecule has 1 aliphatic carbocycles. The Bertz CT molecular complexity index is 978. The van der Waals surface area contributed by atoms with E-state index in [1.807, 2.05) is 11.6 Å². The first-order valence-corrected chi connectivity index (χ1v) is 10.1. The molecule has 5 rings (SSSR count). The zero-order chi connectivity index (χ0) is 18.9. The van der Waals surface area contributed by atoms with Crippen LogP contribution in [0.15, 0.2) is 18.7 Å². The summed E-state index contributed by atoms with van der Waals surface area (Å²) in [6.07, 6.45) is 10.2. The van der Waals surface area contributed by atoms with E-state index in [0.29, 0.717) is 18.4 Å². The van der Waals surface area contributed by atoms with Gasteiger partial charge in [-0.05, 0) is 50.0 Å². The lowest BCUT2D eigenvalue weighted by atomic mass is 9.97. The lowest BCUT2D eigenvalue weighted by Gasteiger charge is -2.32. The highest BCUT2D eigenvalue weighted by atomic mass is 16.5. The SMILES string of the molecule is Cn1cnc2c(N3CCC(COc4cc5c(nn4)CCCC5)CC3)ncnc21. The molecule has 2 aliphatic rings. The highest BCUT2D eigenvalue weighted by molar-refractivity contribution is 5.83. The monoisotopic (exact) mass is 379 g/mol. The fourth-order valence-electron chi connectivity index (χ4n) is 4.22. The van der Waals surface area contributed by atoms with Crippen molar-refractivity contribution in [3.8, 4) is 5.88 Å². The van der Waals surface area contributed by atoms with Crippen LogP contribution < -0.4 is 9.64 Å². The second-order valence-electron chi connectivity index (χ2n) is 7.83. The van der Waals surface area contributed by atoms with Crippen molar-refractivity contribution in [3.63, 3.8) is 0 Å². The number of aromatic nitrogens is 6. The van der Waals surface area contributed by atoms with Crippen molar-refractivity contribution in [2.24, 2.45) is 13.0 Å². The molecule has 0 unspecified atom stereocenters. The van der Waals surface area contributed by atoms with E-state index >= 15 is 0 Å². The van der Waals surface area contributed by atoms with Crippen molar-refractivity contribution < 1.29 is 4.74 Å². The molecule has 4 heterocycles. The first-order valence-electron chi connectivity index (χ1n) is 10.1. The van der Waals surface area contributed by atoms with Crippen LogP contribution >= 0.6 is 0 Å². The third-order valence-electron chi connectivity index (χ3n) is 5.91. The lowest BCUT2D eigenvalue weighted by molar-refractivity contribution is 0.213. The second-order valence-corrected chi connectivity index (χ2v) is 7.83. The molecule has 0 N–H and O–H groups in total. The minimum absolute atomic E-state index is 0.523. The smallest absolute Gasteiger partial charge is 0.233 e. The van der Waals surface area contributed by atoms with Gasteiger partial charge in [-0.1, -0.05) is 0 Å². The first kappa shape index (κ1) is 17.3. The fourth-order valence-corrected chi connectivity index (χ4v) is 4.22. The van der Waals surface area contributed by atoms with Crippen LogP contribution in [0, 0.1) is 5.92 Å². The van der Waals surface area contributed by atoms with E-state index < -0.39 is 0 Å². The molecule has 3 aromatic heterocycles. The lowest BCUT2D eigenvalue weighted by Crippen LogP contribution is -2.36. The standard InChI is InChI=1S/C20H25N7O/c1-26-13-23-18-19(26)21-12-22-20(18)27-8-6-14(7-9-27)11-28-17-10-15-4-2-3-5-16(15)24-25-17/h10,12-14H,2-9,11H2,1H3. The number of hydrogen-bond acceptors (Lipinski definition) is 7. The maximum absolute atomic E-state index is 5.99. The number of hydrogen-bond donors (Lipinski definition) is 0. The first-order chi connectivity index (χ1) is 13.8. The van der Waals surface area contributed by atoms with E-state index in [2.05, 4.69) is 36.1 Å². The minimum Gasteiger partial charge on any atom is -0.476 e. The zero-order valence-electron chi connectivity index (χ0n) is 16.2. The Balaban J connectivity index is 1.19. The van der Waals surface area contributed by atoms with Crippen molar-refractivity contribution in [2.45, 2.75) is 38.5 Å². The summed E-state index contributed by atoms with van der Waals surface area (Å²) in [7, 11) is 1.96. The molecule has 8 nitrogen and oxygen atoms in total. The van der Waals surface area contributed by atoms with E-state index in [1.54, 1.807) is 12.7 Å². The maximum Gasteiger partial charge on any atom is 0.233 e. The van der Waals surface area contributed by atoms with Gasteiger partial charge in [-0.3, -0.25) is 0 Å². The molecular formula is C20H25N7O. The van der Waals surface area contributed by atoms with Gasteiger partial charge in [0.1, 0.15) is 6.33 Å². The van der Waals surface area contributed by atoms with Crippen LogP contribution in [0.2, 0.25) is 0 Å². The highest BCUT2D eigenvalue weighted by Crippen LogP contribution is 2.27. The molecule has 0 bridgehead atoms. The van der Waals surface area contributed by atoms with E-state index in [4.69, 9.17) is 4.74 Å². The van der Waals surface area contributed by atoms with Crippen molar-refractivity contribution >= 4 is 17.0 Å². The molecule has 0 amide bonds. The van der Waals surface area contributed by atoms with Gasteiger partial charge in [-0.15, -0.1) is 5.10 Å². The molecule has 0 atom stereocenters. The van der Waals surface area contributed by atoms with Crippen LogP contribution in [-0.4, -0.2) is 49.4 Å². The number of anilines is 1. The van der Waals surface area contributed by atoms with Crippen molar-refractivity contribution in [1.29, 1.82) is 0 Å². The average molecular weight is 379 g/mol. The van der Waals surface area contributed by atoms with Crippen molar-refractivity contribution in [1.82, 2.24) is 29.7 Å². The van der Waals surface area contributed by atoms with E-state index in [1.165, 1.54) is 18.4 Å². The molecule has 28 heavy (non-hydrogen) atoms. The van der Waals surface area contributed by atoms with Gasteiger partial charge in [-0.25, -0.2) is 15.0 Å². The van der Waals surface area contributed by atoms with Crippen molar-refractivity contribution in [2.75, 3.05) is 24.6 Å². The summed E-state index contributed by atoms with van der Waals surface area (Å²) >= 11 is 0. The van der Waals surface area contributed by atoms with Crippen molar-refractivity contribution in [3.05, 3.63) is 30.0 Å². The molecular weight excluding hydrogens is 354 g/mol. The Morgan fingerprint density at radius 2 is 1.93 bits per heavy atom. The van der Waals surface area contributed by atoms with Gasteiger partial charge in [0.2, 0.25) is 5.88 Å². The molecule has 0 radical (unpaired) electrons. The van der Waals surface area contributed by atoms with Crippen LogP contribution in [0.4, 0.5) is 5.82 Å². The molecule has 1 aliphatic heterocycles. The van der Waals surface area contributed by atoms with Crippen LogP contribution in [0.5, 0.6) is 5.88 Å². The zero-order valence-corrected chi connectivity index (χ0v) is 16.2. The minimum atomic E-state index is 0.523. The van der Waals surface area contributed by atoms with Gasteiger partial charge in [0.25, 0.3) is 0 Å². The summed E-state index contributed by atoms with van der Waals surface area (Å²) in [5.74, 6) is 2.13. The van der Waals surface area contributed by atoms with Crippen LogP contribution in [0.3, 0.4) is 0 Å². The number of ether oxygens (including phenoxy) is 1. The summed E-state index contributed by atoms with van der Waals surface area (Å²) in [5.41, 5.74) is 4.22. The normalized spacial score (nSPS) is 17.7. The van der Waals surface area contributed by atoms with Gasteiger partial charge in [0.05, 0.1) is 18.6 Å². The third-order valence-corrected chi connectivity index (χ3v) is 5.91. The van der Waals surface area contributed by atoms with E-state index in [0.717, 1.165) is 61.4 Å². The quantitative estimate of drug-likeness (QED) is 0.688. The second kappa shape index (κ2) is 7.33. The van der Waals surface area contributed by atoms with E-state index in [9.17, 15) is 0 Å². The predicted molar refractivity (Wildman–Crippen MR) is 105 cm³/mol. The number of rotatable bonds is 4. The Morgan fingerprint density at radius 3 is 2.82 bits per heavy atom. The van der Waals surface area contributed by atoms with Crippen LogP contribution in [0.1, 0.15) is 36.9 Å². The maximum atomic E-state index is 5.99. The molecule has 0 saturated carbocycles. The molecule has 0 spiro atoms. The largest absolute Gasteiger partial charge is 0.476 e. The summed E-state index contributed by atoms with van der Waals surface area (Å²) in [6, 6.07) is 2.09. The molecule has 1 saturated heterocycles. The molecule has 146 valence electrons. The summed E-state index contributed by atoms with van der Waals surface area (Å²) in [6.45, 7) is 2.60. The summed E-state index contributed by atoms with van der Waals surface area (Å²) in [4.78, 5) is 15.6. The number of imidazole rings is 1. The molecule has 0 aromatic carbocycles. The van der Waals surface area contributed by atoms with Gasteiger partial charge in [0.15, 0.2) is 17.0 Å². The Kier molecular flexibility index (Phi) is 4.54. The van der Waals surface area contributed by atoms with Gasteiger partial charge < -0.3 is 14.2 Å². The molecule has 8 heteroatoms. The topological polar surface area (TPSA) is 81.9 Å². The Morgan fingerprint density at radius 1 is 1.07 bits per heavy atom. The highest BCUT2D eigenvalue weighted by Gasteiger charge is 2.23. The van der Waals surface area contributed by atoms with Gasteiger partial charge >= 0.3 is 0 Å². The average Bonchev–Trinajstić information content (AvgIpc) is 3.14. The summed E-state index contributed by atoms with van der Waals surface area (Å²) in [5, 5.41) is 8.62. The predicted octanol–water partition coefficient (Wildman–Crippen LogP) is 2.33. The number of aryl methyl sites for hydroxylation is 3. The Hall–Kier alpha value is -2.77.